The molecule has 1 saturated carbocycles. The largest absolute Gasteiger partial charge is 0.496 e. The van der Waals surface area contributed by atoms with E-state index in [0.29, 0.717) is 28.8 Å². The number of hydrogen-bond acceptors (Lipinski definition) is 7. The Morgan fingerprint density at radius 3 is 2.66 bits per heavy atom. The number of ether oxygens (including phenoxy) is 1. The van der Waals surface area contributed by atoms with Crippen LogP contribution in [-0.2, 0) is 4.79 Å². The van der Waals surface area contributed by atoms with Gasteiger partial charge >= 0.3 is 5.97 Å². The van der Waals surface area contributed by atoms with Crippen LogP contribution in [-0.4, -0.2) is 44.3 Å². The highest BCUT2D eigenvalue weighted by molar-refractivity contribution is 6.13. The van der Waals surface area contributed by atoms with Crippen LogP contribution in [0.1, 0.15) is 36.5 Å². The lowest BCUT2D eigenvalue weighted by Gasteiger charge is -2.31. The molecule has 9 nitrogen and oxygen atoms in total. The first-order valence-corrected chi connectivity index (χ1v) is 10.7. The molecule has 1 unspecified atom stereocenters. The van der Waals surface area contributed by atoms with E-state index in [9.17, 15) is 9.90 Å². The number of rotatable bonds is 6. The molecule has 0 amide bonds. The summed E-state index contributed by atoms with van der Waals surface area (Å²) in [5, 5.41) is 18.7. The molecule has 1 aliphatic rings. The number of hydrogen-bond donors (Lipinski definition) is 3. The summed E-state index contributed by atoms with van der Waals surface area (Å²) in [5.41, 5.74) is 4.01. The molecule has 3 N–H and O–H groups in total. The van der Waals surface area contributed by atoms with Gasteiger partial charge in [-0.2, -0.15) is 0 Å². The summed E-state index contributed by atoms with van der Waals surface area (Å²) in [5.74, 6) is 1.68. The molecule has 0 aliphatic heterocycles. The molecular formula is C23H25N5O4. The topological polar surface area (TPSA) is 126 Å². The van der Waals surface area contributed by atoms with Gasteiger partial charge in [-0.1, -0.05) is 11.6 Å². The van der Waals surface area contributed by atoms with E-state index in [1.165, 1.54) is 0 Å². The quantitative estimate of drug-likeness (QED) is 0.408. The predicted octanol–water partition coefficient (Wildman–Crippen LogP) is 4.37. The highest BCUT2D eigenvalue weighted by Crippen LogP contribution is 2.41. The van der Waals surface area contributed by atoms with Gasteiger partial charge in [-0.25, -0.2) is 14.8 Å². The Hall–Kier alpha value is -3.62. The van der Waals surface area contributed by atoms with Gasteiger partial charge in [0.2, 0.25) is 0 Å². The van der Waals surface area contributed by atoms with Gasteiger partial charge in [0.25, 0.3) is 0 Å². The van der Waals surface area contributed by atoms with Crippen LogP contribution in [0.15, 0.2) is 16.7 Å². The molecule has 5 rings (SSSR count). The first-order chi connectivity index (χ1) is 15.4. The van der Waals surface area contributed by atoms with E-state index in [2.05, 4.69) is 25.4 Å². The van der Waals surface area contributed by atoms with Crippen molar-refractivity contribution in [1.82, 2.24) is 20.1 Å². The van der Waals surface area contributed by atoms with Crippen LogP contribution in [0.25, 0.3) is 33.1 Å². The average Bonchev–Trinajstić information content (AvgIpc) is 3.23. The molecule has 9 heteroatoms. The van der Waals surface area contributed by atoms with Gasteiger partial charge in [0.05, 0.1) is 23.8 Å². The number of aliphatic carboxylic acids is 1. The number of benzene rings is 1. The van der Waals surface area contributed by atoms with Crippen molar-refractivity contribution in [2.75, 3.05) is 12.4 Å². The fourth-order valence-corrected chi connectivity index (χ4v) is 4.57. The number of aryl methyl sites for hydroxylation is 3. The lowest BCUT2D eigenvalue weighted by Crippen LogP contribution is -2.40. The molecule has 1 aliphatic carbocycles. The summed E-state index contributed by atoms with van der Waals surface area (Å²) in [6.45, 7) is 5.56. The summed E-state index contributed by atoms with van der Waals surface area (Å²) in [7, 11) is 1.62. The molecule has 1 fully saturated rings. The van der Waals surface area contributed by atoms with Crippen molar-refractivity contribution < 1.29 is 19.2 Å². The first kappa shape index (κ1) is 20.3. The number of nitrogens with one attached hydrogen (secondary N) is 2. The normalized spacial score (nSPS) is 15.1. The van der Waals surface area contributed by atoms with Gasteiger partial charge in [0.15, 0.2) is 0 Å². The molecular weight excluding hydrogens is 410 g/mol. The van der Waals surface area contributed by atoms with E-state index in [4.69, 9.17) is 9.26 Å². The van der Waals surface area contributed by atoms with Gasteiger partial charge in [-0.05, 0) is 51.7 Å². The smallest absolute Gasteiger partial charge is 0.326 e. The van der Waals surface area contributed by atoms with Crippen molar-refractivity contribution in [3.63, 3.8) is 0 Å². The lowest BCUT2D eigenvalue weighted by molar-refractivity contribution is -0.139. The molecule has 32 heavy (non-hydrogen) atoms. The Bertz CT molecular complexity index is 1330. The van der Waals surface area contributed by atoms with Gasteiger partial charge in [0.1, 0.15) is 34.8 Å². The fourth-order valence-electron chi connectivity index (χ4n) is 4.57. The summed E-state index contributed by atoms with van der Waals surface area (Å²) in [6, 6.07) is 3.23. The van der Waals surface area contributed by atoms with E-state index >= 15 is 0 Å². The van der Waals surface area contributed by atoms with Crippen molar-refractivity contribution in [3.05, 3.63) is 29.4 Å². The van der Waals surface area contributed by atoms with Crippen LogP contribution >= 0.6 is 0 Å². The number of anilines is 1. The third-order valence-electron chi connectivity index (χ3n) is 6.37. The van der Waals surface area contributed by atoms with Crippen LogP contribution < -0.4 is 10.1 Å². The second kappa shape index (κ2) is 7.51. The third kappa shape index (κ3) is 3.16. The van der Waals surface area contributed by atoms with Gasteiger partial charge < -0.3 is 24.7 Å². The second-order valence-corrected chi connectivity index (χ2v) is 8.42. The van der Waals surface area contributed by atoms with Gasteiger partial charge in [-0.15, -0.1) is 0 Å². The molecule has 0 saturated heterocycles. The number of fused-ring (bicyclic) bond motifs is 3. The van der Waals surface area contributed by atoms with Crippen molar-refractivity contribution in [3.8, 4) is 16.9 Å². The fraction of sp³-hybridized carbons (Fsp3) is 0.391. The highest BCUT2D eigenvalue weighted by atomic mass is 16.5. The van der Waals surface area contributed by atoms with Crippen molar-refractivity contribution >= 4 is 33.7 Å². The Balaban J connectivity index is 1.71. The Kier molecular flexibility index (Phi) is 4.76. The Labute approximate surface area is 184 Å². The summed E-state index contributed by atoms with van der Waals surface area (Å²) >= 11 is 0. The summed E-state index contributed by atoms with van der Waals surface area (Å²) in [6.07, 6.45) is 2.86. The number of methoxy groups -OCH3 is 1. The molecule has 0 spiro atoms. The molecule has 0 radical (unpaired) electrons. The van der Waals surface area contributed by atoms with E-state index in [1.807, 2.05) is 26.0 Å². The van der Waals surface area contributed by atoms with Crippen LogP contribution in [0.3, 0.4) is 0 Å². The molecule has 4 aromatic rings. The van der Waals surface area contributed by atoms with Gasteiger partial charge in [0, 0.05) is 16.5 Å². The van der Waals surface area contributed by atoms with E-state index < -0.39 is 12.0 Å². The van der Waals surface area contributed by atoms with Crippen molar-refractivity contribution in [2.45, 2.75) is 46.1 Å². The lowest BCUT2D eigenvalue weighted by atomic mass is 9.79. The number of carboxylic acid groups (broad SMARTS) is 1. The Morgan fingerprint density at radius 1 is 1.28 bits per heavy atom. The maximum Gasteiger partial charge on any atom is 0.326 e. The Morgan fingerprint density at radius 2 is 2.06 bits per heavy atom. The van der Waals surface area contributed by atoms with Gasteiger partial charge in [-0.3, -0.25) is 0 Å². The minimum atomic E-state index is -0.864. The zero-order chi connectivity index (χ0) is 22.6. The van der Waals surface area contributed by atoms with E-state index in [1.54, 1.807) is 14.0 Å². The zero-order valence-corrected chi connectivity index (χ0v) is 18.4. The molecule has 0 bridgehead atoms. The number of aromatic amines is 1. The third-order valence-corrected chi connectivity index (χ3v) is 6.37. The van der Waals surface area contributed by atoms with E-state index in [-0.39, 0.29) is 5.92 Å². The number of aromatic nitrogens is 4. The second-order valence-electron chi connectivity index (χ2n) is 8.42. The number of H-pyrrole nitrogens is 1. The zero-order valence-electron chi connectivity index (χ0n) is 18.4. The molecule has 1 aromatic carbocycles. The van der Waals surface area contributed by atoms with Crippen LogP contribution in [0, 0.1) is 26.7 Å². The summed E-state index contributed by atoms with van der Waals surface area (Å²) < 4.78 is 11.1. The maximum absolute atomic E-state index is 12.0. The van der Waals surface area contributed by atoms with Crippen molar-refractivity contribution in [2.24, 2.45) is 5.92 Å². The number of carbonyl (C=O) groups is 1. The van der Waals surface area contributed by atoms with Crippen molar-refractivity contribution in [1.29, 1.82) is 0 Å². The first-order valence-electron chi connectivity index (χ1n) is 10.7. The maximum atomic E-state index is 12.0. The van der Waals surface area contributed by atoms with Crippen LogP contribution in [0.2, 0.25) is 0 Å². The number of carboxylic acids is 1. The van der Waals surface area contributed by atoms with E-state index in [0.717, 1.165) is 52.4 Å². The molecule has 3 aromatic heterocycles. The standard InChI is InChI=1S/C23H25N5O4/c1-10-18(11(2)32-28-10)15-8-16-14(9-17(15)31-4)19-21(26-16)24-12(3)25-22(19)27-20(23(29)30)13-6-5-7-13/h8-9,13,20H,5-7H2,1-4H3,(H,29,30)(H2,24,25,26,27). The summed E-state index contributed by atoms with van der Waals surface area (Å²) in [4.78, 5) is 24.5. The van der Waals surface area contributed by atoms with Crippen LogP contribution in [0.4, 0.5) is 5.82 Å². The predicted molar refractivity (Wildman–Crippen MR) is 120 cm³/mol. The molecule has 1 atom stereocenters. The molecule has 3 heterocycles. The monoisotopic (exact) mass is 435 g/mol. The molecule has 166 valence electrons. The minimum absolute atomic E-state index is 0.101. The average molecular weight is 435 g/mol. The minimum Gasteiger partial charge on any atom is -0.496 e. The SMILES string of the molecule is COc1cc2c(cc1-c1c(C)noc1C)[nH]c1nc(C)nc(NC(C(=O)O)C3CCC3)c12. The number of nitrogens with zero attached hydrogens (tertiary/aromatic N) is 3. The van der Waals surface area contributed by atoms with Crippen LogP contribution in [0.5, 0.6) is 5.75 Å². The highest BCUT2D eigenvalue weighted by Gasteiger charge is 2.33.